The van der Waals surface area contributed by atoms with Crippen LogP contribution in [0.1, 0.15) is 24.5 Å². The Hall–Kier alpha value is -1.60. The van der Waals surface area contributed by atoms with Crippen LogP contribution in [-0.4, -0.2) is 21.2 Å². The van der Waals surface area contributed by atoms with E-state index in [2.05, 4.69) is 20.3 Å². The molecule has 20 heavy (non-hydrogen) atoms. The summed E-state index contributed by atoms with van der Waals surface area (Å²) in [5.74, 6) is 2.60. The SMILES string of the molecule is CSc1nc2ncnc(NC(C)c3ccc(C)o3)c2s1. The van der Waals surface area contributed by atoms with Gasteiger partial charge in [-0.1, -0.05) is 11.8 Å². The lowest BCUT2D eigenvalue weighted by Crippen LogP contribution is -2.07. The molecular weight excluding hydrogens is 292 g/mol. The van der Waals surface area contributed by atoms with Gasteiger partial charge in [-0.2, -0.15) is 0 Å². The van der Waals surface area contributed by atoms with Crippen LogP contribution in [0, 0.1) is 6.92 Å². The van der Waals surface area contributed by atoms with Crippen molar-refractivity contribution in [3.8, 4) is 0 Å². The van der Waals surface area contributed by atoms with Crippen molar-refractivity contribution in [2.45, 2.75) is 24.2 Å². The van der Waals surface area contributed by atoms with E-state index in [1.807, 2.05) is 32.2 Å². The summed E-state index contributed by atoms with van der Waals surface area (Å²) in [4.78, 5) is 13.0. The van der Waals surface area contributed by atoms with Crippen molar-refractivity contribution in [2.24, 2.45) is 0 Å². The van der Waals surface area contributed by atoms with Gasteiger partial charge in [0.2, 0.25) is 0 Å². The third-order valence-electron chi connectivity index (χ3n) is 2.89. The quantitative estimate of drug-likeness (QED) is 0.738. The number of furan rings is 1. The van der Waals surface area contributed by atoms with Crippen LogP contribution in [0.15, 0.2) is 27.2 Å². The molecule has 0 aliphatic heterocycles. The third kappa shape index (κ3) is 2.51. The van der Waals surface area contributed by atoms with Gasteiger partial charge >= 0.3 is 0 Å². The van der Waals surface area contributed by atoms with Crippen molar-refractivity contribution in [2.75, 3.05) is 11.6 Å². The Morgan fingerprint density at radius 1 is 1.35 bits per heavy atom. The molecule has 0 radical (unpaired) electrons. The van der Waals surface area contributed by atoms with Gasteiger partial charge in [0.25, 0.3) is 0 Å². The molecule has 0 saturated heterocycles. The van der Waals surface area contributed by atoms with Crippen molar-refractivity contribution in [1.82, 2.24) is 15.0 Å². The third-order valence-corrected chi connectivity index (χ3v) is 4.92. The van der Waals surface area contributed by atoms with Gasteiger partial charge in [-0.15, -0.1) is 11.3 Å². The molecule has 0 aliphatic rings. The molecule has 3 heterocycles. The van der Waals surface area contributed by atoms with Gasteiger partial charge in [-0.3, -0.25) is 0 Å². The number of anilines is 1. The summed E-state index contributed by atoms with van der Waals surface area (Å²) in [6, 6.07) is 3.98. The van der Waals surface area contributed by atoms with E-state index in [0.717, 1.165) is 32.0 Å². The summed E-state index contributed by atoms with van der Waals surface area (Å²) in [6.07, 6.45) is 3.54. The lowest BCUT2D eigenvalue weighted by Gasteiger charge is -2.11. The number of nitrogens with one attached hydrogen (secondary N) is 1. The summed E-state index contributed by atoms with van der Waals surface area (Å²) in [5.41, 5.74) is 0.736. The molecule has 0 aliphatic carbocycles. The lowest BCUT2D eigenvalue weighted by molar-refractivity contribution is 0.466. The number of hydrogen-bond donors (Lipinski definition) is 1. The van der Waals surface area contributed by atoms with Gasteiger partial charge < -0.3 is 9.73 Å². The predicted molar refractivity (Wildman–Crippen MR) is 82.5 cm³/mol. The molecule has 3 aromatic heterocycles. The Balaban J connectivity index is 1.92. The molecule has 5 nitrogen and oxygen atoms in total. The van der Waals surface area contributed by atoms with Gasteiger partial charge in [-0.05, 0) is 32.2 Å². The van der Waals surface area contributed by atoms with Gasteiger partial charge in [0.15, 0.2) is 9.99 Å². The first-order valence-corrected chi connectivity index (χ1v) is 8.20. The smallest absolute Gasteiger partial charge is 0.176 e. The highest BCUT2D eigenvalue weighted by atomic mass is 32.2. The van der Waals surface area contributed by atoms with Crippen LogP contribution in [0.4, 0.5) is 5.82 Å². The zero-order valence-electron chi connectivity index (χ0n) is 11.4. The maximum Gasteiger partial charge on any atom is 0.176 e. The second kappa shape index (κ2) is 5.41. The largest absolute Gasteiger partial charge is 0.464 e. The molecule has 1 N–H and O–H groups in total. The Morgan fingerprint density at radius 2 is 2.20 bits per heavy atom. The topological polar surface area (TPSA) is 63.8 Å². The minimum absolute atomic E-state index is 0.0432. The lowest BCUT2D eigenvalue weighted by atomic mass is 10.2. The number of hydrogen-bond acceptors (Lipinski definition) is 7. The van der Waals surface area contributed by atoms with E-state index in [1.54, 1.807) is 23.1 Å². The molecule has 0 spiro atoms. The molecule has 104 valence electrons. The maximum atomic E-state index is 5.63. The van der Waals surface area contributed by atoms with E-state index >= 15 is 0 Å². The molecule has 0 saturated carbocycles. The monoisotopic (exact) mass is 306 g/mol. The summed E-state index contributed by atoms with van der Waals surface area (Å²) in [5, 5.41) is 3.37. The van der Waals surface area contributed by atoms with Crippen molar-refractivity contribution >= 4 is 39.3 Å². The normalized spacial score (nSPS) is 12.8. The van der Waals surface area contributed by atoms with E-state index in [9.17, 15) is 0 Å². The Labute approximate surface area is 124 Å². The standard InChI is InChI=1S/C13H14N4OS2/c1-7-4-5-9(18-7)8(2)16-11-10-12(15-6-14-11)17-13(19-3)20-10/h4-6,8H,1-3H3,(H,14,15,16). The van der Waals surface area contributed by atoms with Gasteiger partial charge in [0, 0.05) is 0 Å². The molecular formula is C13H14N4OS2. The molecule has 1 atom stereocenters. The zero-order valence-corrected chi connectivity index (χ0v) is 13.0. The molecule has 3 rings (SSSR count). The Morgan fingerprint density at radius 3 is 2.90 bits per heavy atom. The van der Waals surface area contributed by atoms with Gasteiger partial charge in [0.05, 0.1) is 6.04 Å². The number of nitrogens with zero attached hydrogens (tertiary/aromatic N) is 3. The van der Waals surface area contributed by atoms with E-state index in [4.69, 9.17) is 4.42 Å². The molecule has 0 bridgehead atoms. The fourth-order valence-corrected chi connectivity index (χ4v) is 3.35. The van der Waals surface area contributed by atoms with Crippen LogP contribution in [0.2, 0.25) is 0 Å². The van der Waals surface area contributed by atoms with Crippen molar-refractivity contribution in [1.29, 1.82) is 0 Å². The Kier molecular flexibility index (Phi) is 3.62. The minimum atomic E-state index is 0.0432. The zero-order chi connectivity index (χ0) is 14.1. The van der Waals surface area contributed by atoms with Crippen molar-refractivity contribution in [3.63, 3.8) is 0 Å². The molecule has 7 heteroatoms. The van der Waals surface area contributed by atoms with Gasteiger partial charge in [-0.25, -0.2) is 15.0 Å². The molecule has 0 amide bonds. The molecule has 0 fully saturated rings. The predicted octanol–water partition coefficient (Wildman–Crippen LogP) is 3.88. The van der Waals surface area contributed by atoms with E-state index in [0.29, 0.717) is 0 Å². The van der Waals surface area contributed by atoms with Crippen LogP contribution >= 0.6 is 23.1 Å². The minimum Gasteiger partial charge on any atom is -0.464 e. The first-order valence-electron chi connectivity index (χ1n) is 6.16. The number of rotatable bonds is 4. The molecule has 1 unspecified atom stereocenters. The van der Waals surface area contributed by atoms with Crippen LogP contribution < -0.4 is 5.32 Å². The average Bonchev–Trinajstić information content (AvgIpc) is 3.05. The number of aromatic nitrogens is 3. The fraction of sp³-hybridized carbons (Fsp3) is 0.308. The van der Waals surface area contributed by atoms with E-state index in [-0.39, 0.29) is 6.04 Å². The van der Waals surface area contributed by atoms with Crippen molar-refractivity contribution in [3.05, 3.63) is 30.0 Å². The number of fused-ring (bicyclic) bond motifs is 1. The summed E-state index contributed by atoms with van der Waals surface area (Å²) >= 11 is 3.22. The maximum absolute atomic E-state index is 5.63. The molecule has 3 aromatic rings. The fourth-order valence-electron chi connectivity index (χ4n) is 1.89. The average molecular weight is 306 g/mol. The van der Waals surface area contributed by atoms with E-state index < -0.39 is 0 Å². The van der Waals surface area contributed by atoms with Gasteiger partial charge in [0.1, 0.15) is 28.4 Å². The first-order chi connectivity index (χ1) is 9.67. The number of thiazole rings is 1. The summed E-state index contributed by atoms with van der Waals surface area (Å²) in [6.45, 7) is 3.98. The van der Waals surface area contributed by atoms with E-state index in [1.165, 1.54) is 6.33 Å². The second-order valence-electron chi connectivity index (χ2n) is 4.37. The molecule has 0 aromatic carbocycles. The first kappa shape index (κ1) is 13.4. The summed E-state index contributed by atoms with van der Waals surface area (Å²) in [7, 11) is 0. The second-order valence-corrected chi connectivity index (χ2v) is 6.43. The van der Waals surface area contributed by atoms with Crippen molar-refractivity contribution < 1.29 is 4.42 Å². The summed E-state index contributed by atoms with van der Waals surface area (Å²) < 4.78 is 7.60. The van der Waals surface area contributed by atoms with Crippen LogP contribution in [0.5, 0.6) is 0 Å². The highest BCUT2D eigenvalue weighted by Crippen LogP contribution is 2.32. The highest BCUT2D eigenvalue weighted by Gasteiger charge is 2.14. The van der Waals surface area contributed by atoms with Crippen LogP contribution in [0.3, 0.4) is 0 Å². The highest BCUT2D eigenvalue weighted by molar-refractivity contribution is 8.00. The Bertz CT molecular complexity index is 737. The van der Waals surface area contributed by atoms with Crippen LogP contribution in [0.25, 0.3) is 10.3 Å². The number of thioether (sulfide) groups is 1. The number of aryl methyl sites for hydroxylation is 1. The van der Waals surface area contributed by atoms with Crippen LogP contribution in [-0.2, 0) is 0 Å².